The van der Waals surface area contributed by atoms with Crippen molar-refractivity contribution in [3.63, 3.8) is 0 Å². The van der Waals surface area contributed by atoms with Crippen LogP contribution in [0.1, 0.15) is 27.6 Å². The number of benzene rings is 3. The van der Waals surface area contributed by atoms with Crippen molar-refractivity contribution in [3.8, 4) is 5.75 Å². The van der Waals surface area contributed by atoms with Gasteiger partial charge in [0.25, 0.3) is 5.91 Å². The van der Waals surface area contributed by atoms with Crippen LogP contribution in [0.4, 0.5) is 10.1 Å². The molecule has 2 amide bonds. The maximum Gasteiger partial charge on any atom is 0.255 e. The molecule has 2 unspecified atom stereocenters. The van der Waals surface area contributed by atoms with Gasteiger partial charge in [0.15, 0.2) is 0 Å². The average Bonchev–Trinajstić information content (AvgIpc) is 2.86. The van der Waals surface area contributed by atoms with Crippen molar-refractivity contribution in [2.24, 2.45) is 0 Å². The smallest absolute Gasteiger partial charge is 0.255 e. The number of amides is 2. The van der Waals surface area contributed by atoms with Gasteiger partial charge in [-0.1, -0.05) is 30.3 Å². The molecule has 4 rings (SSSR count). The largest absolute Gasteiger partial charge is 0.497 e. The Kier molecular flexibility index (Phi) is 7.20. The van der Waals surface area contributed by atoms with Crippen molar-refractivity contribution >= 4 is 17.5 Å². The number of ether oxygens (including phenoxy) is 2. The van der Waals surface area contributed by atoms with Crippen LogP contribution in [0.3, 0.4) is 0 Å². The SMILES string of the molecule is COc1ccc(CN2C(=O)COC(c3ccc(NC(=O)c4cccc(F)c4)cc3)C2CO)cc1. The number of anilines is 1. The van der Waals surface area contributed by atoms with Gasteiger partial charge in [0.05, 0.1) is 19.8 Å². The summed E-state index contributed by atoms with van der Waals surface area (Å²) in [6, 6.07) is 19.2. The Balaban J connectivity index is 1.47. The molecule has 2 atom stereocenters. The van der Waals surface area contributed by atoms with Crippen LogP contribution in [0.15, 0.2) is 72.8 Å². The summed E-state index contributed by atoms with van der Waals surface area (Å²) in [5, 5.41) is 12.8. The molecule has 2 N–H and O–H groups in total. The Morgan fingerprint density at radius 2 is 1.88 bits per heavy atom. The van der Waals surface area contributed by atoms with Crippen molar-refractivity contribution in [2.75, 3.05) is 25.6 Å². The third-order valence-corrected chi connectivity index (χ3v) is 5.74. The summed E-state index contributed by atoms with van der Waals surface area (Å²) in [4.78, 5) is 26.6. The highest BCUT2D eigenvalue weighted by atomic mass is 19.1. The van der Waals surface area contributed by atoms with Gasteiger partial charge in [-0.25, -0.2) is 4.39 Å². The number of carbonyl (C=O) groups excluding carboxylic acids is 2. The molecule has 8 heteroatoms. The van der Waals surface area contributed by atoms with Crippen LogP contribution in [0.2, 0.25) is 0 Å². The summed E-state index contributed by atoms with van der Waals surface area (Å²) in [6.07, 6.45) is -0.533. The molecule has 0 aromatic heterocycles. The summed E-state index contributed by atoms with van der Waals surface area (Å²) in [5.74, 6) is -0.393. The lowest BCUT2D eigenvalue weighted by Gasteiger charge is -2.40. The van der Waals surface area contributed by atoms with E-state index in [9.17, 15) is 19.1 Å². The molecular weight excluding hydrogens is 439 g/mol. The Morgan fingerprint density at radius 1 is 1.15 bits per heavy atom. The van der Waals surface area contributed by atoms with E-state index in [1.807, 2.05) is 24.3 Å². The quantitative estimate of drug-likeness (QED) is 0.559. The van der Waals surface area contributed by atoms with E-state index in [2.05, 4.69) is 5.32 Å². The van der Waals surface area contributed by atoms with Gasteiger partial charge in [0.2, 0.25) is 5.91 Å². The number of hydrogen-bond acceptors (Lipinski definition) is 5. The number of nitrogens with zero attached hydrogens (tertiary/aromatic N) is 1. The summed E-state index contributed by atoms with van der Waals surface area (Å²) in [7, 11) is 1.59. The number of methoxy groups -OCH3 is 1. The zero-order valence-electron chi connectivity index (χ0n) is 18.6. The predicted octanol–water partition coefficient (Wildman–Crippen LogP) is 3.55. The van der Waals surface area contributed by atoms with E-state index < -0.39 is 23.9 Å². The highest BCUT2D eigenvalue weighted by Crippen LogP contribution is 2.31. The zero-order valence-corrected chi connectivity index (χ0v) is 18.6. The van der Waals surface area contributed by atoms with E-state index in [1.54, 1.807) is 36.3 Å². The van der Waals surface area contributed by atoms with Gasteiger partial charge >= 0.3 is 0 Å². The minimum atomic E-state index is -0.573. The number of aliphatic hydroxyl groups excluding tert-OH is 1. The average molecular weight is 464 g/mol. The van der Waals surface area contributed by atoms with Gasteiger partial charge in [0.1, 0.15) is 24.3 Å². The fourth-order valence-corrected chi connectivity index (χ4v) is 3.94. The molecule has 0 spiro atoms. The first-order valence-corrected chi connectivity index (χ1v) is 10.8. The molecule has 1 aliphatic heterocycles. The first kappa shape index (κ1) is 23.4. The summed E-state index contributed by atoms with van der Waals surface area (Å²) in [6.45, 7) is -0.0459. The maximum atomic E-state index is 13.4. The minimum Gasteiger partial charge on any atom is -0.497 e. The van der Waals surface area contributed by atoms with Gasteiger partial charge < -0.3 is 24.8 Å². The number of carbonyl (C=O) groups is 2. The highest BCUT2D eigenvalue weighted by Gasteiger charge is 2.37. The number of morpholine rings is 1. The molecule has 0 aliphatic carbocycles. The third kappa shape index (κ3) is 5.24. The van der Waals surface area contributed by atoms with E-state index in [4.69, 9.17) is 9.47 Å². The number of aliphatic hydroxyl groups is 1. The van der Waals surface area contributed by atoms with E-state index in [-0.39, 0.29) is 24.7 Å². The number of halogens is 1. The van der Waals surface area contributed by atoms with Gasteiger partial charge in [-0.05, 0) is 53.6 Å². The number of nitrogens with one attached hydrogen (secondary N) is 1. The molecule has 0 bridgehead atoms. The zero-order chi connectivity index (χ0) is 24.1. The van der Waals surface area contributed by atoms with Crippen LogP contribution < -0.4 is 10.1 Å². The van der Waals surface area contributed by atoms with Crippen LogP contribution in [0.5, 0.6) is 5.75 Å². The molecule has 1 saturated heterocycles. The van der Waals surface area contributed by atoms with Crippen molar-refractivity contribution in [3.05, 3.63) is 95.3 Å². The predicted molar refractivity (Wildman–Crippen MR) is 124 cm³/mol. The van der Waals surface area contributed by atoms with E-state index in [0.717, 1.165) is 16.9 Å². The Morgan fingerprint density at radius 3 is 2.53 bits per heavy atom. The fourth-order valence-electron chi connectivity index (χ4n) is 3.94. The molecule has 0 radical (unpaired) electrons. The Bertz CT molecular complexity index is 1150. The molecule has 0 saturated carbocycles. The van der Waals surface area contributed by atoms with E-state index in [0.29, 0.717) is 12.2 Å². The lowest BCUT2D eigenvalue weighted by atomic mass is 9.98. The van der Waals surface area contributed by atoms with Crippen molar-refractivity contribution in [1.29, 1.82) is 0 Å². The van der Waals surface area contributed by atoms with Crippen LogP contribution in [-0.2, 0) is 16.1 Å². The number of rotatable bonds is 7. The van der Waals surface area contributed by atoms with E-state index >= 15 is 0 Å². The molecule has 3 aromatic carbocycles. The Labute approximate surface area is 196 Å². The van der Waals surface area contributed by atoms with Gasteiger partial charge in [-0.3, -0.25) is 9.59 Å². The van der Waals surface area contributed by atoms with Crippen molar-refractivity contribution in [1.82, 2.24) is 4.90 Å². The molecule has 1 aliphatic rings. The minimum absolute atomic E-state index is 0.102. The van der Waals surface area contributed by atoms with Gasteiger partial charge in [-0.2, -0.15) is 0 Å². The lowest BCUT2D eigenvalue weighted by molar-refractivity contribution is -0.162. The summed E-state index contributed by atoms with van der Waals surface area (Å²) < 4.78 is 24.3. The highest BCUT2D eigenvalue weighted by molar-refractivity contribution is 6.04. The van der Waals surface area contributed by atoms with Crippen molar-refractivity contribution < 1.29 is 28.6 Å². The van der Waals surface area contributed by atoms with Crippen LogP contribution >= 0.6 is 0 Å². The van der Waals surface area contributed by atoms with Gasteiger partial charge in [0, 0.05) is 17.8 Å². The van der Waals surface area contributed by atoms with Gasteiger partial charge in [-0.15, -0.1) is 0 Å². The van der Waals surface area contributed by atoms with Crippen LogP contribution in [0.25, 0.3) is 0 Å². The fraction of sp³-hybridized carbons (Fsp3) is 0.231. The number of hydrogen-bond donors (Lipinski definition) is 2. The lowest BCUT2D eigenvalue weighted by Crippen LogP contribution is -2.52. The Hall–Kier alpha value is -3.75. The molecule has 34 heavy (non-hydrogen) atoms. The topological polar surface area (TPSA) is 88.1 Å². The molecule has 1 heterocycles. The second-order valence-electron chi connectivity index (χ2n) is 7.94. The normalized spacial score (nSPS) is 18.0. The summed E-state index contributed by atoms with van der Waals surface area (Å²) >= 11 is 0. The first-order valence-electron chi connectivity index (χ1n) is 10.8. The standard InChI is InChI=1S/C26H25FN2O5/c1-33-22-11-5-17(6-12-22)14-29-23(15-30)25(34-16-24(29)31)18-7-9-21(10-8-18)28-26(32)19-3-2-4-20(27)13-19/h2-13,23,25,30H,14-16H2,1H3,(H,28,32). The molecular formula is C26H25FN2O5. The summed E-state index contributed by atoms with van der Waals surface area (Å²) in [5.41, 5.74) is 2.41. The molecule has 7 nitrogen and oxygen atoms in total. The van der Waals surface area contributed by atoms with Crippen molar-refractivity contribution in [2.45, 2.75) is 18.7 Å². The molecule has 3 aromatic rings. The molecule has 176 valence electrons. The second-order valence-corrected chi connectivity index (χ2v) is 7.94. The van der Waals surface area contributed by atoms with Crippen LogP contribution in [0, 0.1) is 5.82 Å². The first-order chi connectivity index (χ1) is 16.5. The second kappa shape index (κ2) is 10.5. The van der Waals surface area contributed by atoms with E-state index in [1.165, 1.54) is 24.3 Å². The maximum absolute atomic E-state index is 13.4. The van der Waals surface area contributed by atoms with Crippen LogP contribution in [-0.4, -0.2) is 48.2 Å². The monoisotopic (exact) mass is 464 g/mol. The molecule has 1 fully saturated rings. The third-order valence-electron chi connectivity index (χ3n) is 5.74.